The maximum absolute atomic E-state index is 12.1. The number of cyclic esters (lactones) is 1. The van der Waals surface area contributed by atoms with Gasteiger partial charge >= 0.3 is 5.97 Å². The summed E-state index contributed by atoms with van der Waals surface area (Å²) in [5.41, 5.74) is 2.21. The Morgan fingerprint density at radius 1 is 0.960 bits per heavy atom. The first-order valence-electron chi connectivity index (χ1n) is 8.70. The fourth-order valence-electron chi connectivity index (χ4n) is 2.91. The number of hydrogen-bond donors (Lipinski definition) is 0. The van der Waals surface area contributed by atoms with E-state index in [-0.39, 0.29) is 24.1 Å². The molecule has 25 heavy (non-hydrogen) atoms. The van der Waals surface area contributed by atoms with E-state index in [9.17, 15) is 4.79 Å². The Kier molecular flexibility index (Phi) is 6.20. The number of carbonyl (C=O) groups excluding carboxylic acids is 1. The molecule has 132 valence electrons. The molecular formula is C21H24O4. The predicted octanol–water partition coefficient (Wildman–Crippen LogP) is 3.74. The van der Waals surface area contributed by atoms with Gasteiger partial charge in [0.25, 0.3) is 0 Å². The molecule has 0 aromatic heterocycles. The minimum atomic E-state index is -0.256. The minimum Gasteiger partial charge on any atom is -0.460 e. The van der Waals surface area contributed by atoms with Crippen LogP contribution in [-0.2, 0) is 32.2 Å². The van der Waals surface area contributed by atoms with Crippen molar-refractivity contribution in [1.29, 1.82) is 0 Å². The second-order valence-electron chi connectivity index (χ2n) is 6.42. The van der Waals surface area contributed by atoms with Gasteiger partial charge in [-0.05, 0) is 18.1 Å². The zero-order valence-corrected chi connectivity index (χ0v) is 14.5. The Hall–Kier alpha value is -2.17. The van der Waals surface area contributed by atoms with Crippen LogP contribution in [0, 0.1) is 5.92 Å². The zero-order valence-electron chi connectivity index (χ0n) is 14.5. The Balaban J connectivity index is 1.49. The SMILES string of the molecule is CC1C(=O)OC(COCc2ccccc2)CC1OCc1ccccc1. The molecule has 4 nitrogen and oxygen atoms in total. The molecule has 3 atom stereocenters. The fourth-order valence-corrected chi connectivity index (χ4v) is 2.91. The summed E-state index contributed by atoms with van der Waals surface area (Å²) in [4.78, 5) is 12.1. The van der Waals surface area contributed by atoms with E-state index in [0.29, 0.717) is 26.2 Å². The molecule has 0 bridgehead atoms. The molecule has 0 radical (unpaired) electrons. The van der Waals surface area contributed by atoms with E-state index in [0.717, 1.165) is 11.1 Å². The van der Waals surface area contributed by atoms with Crippen LogP contribution in [0.3, 0.4) is 0 Å². The molecule has 0 N–H and O–H groups in total. The van der Waals surface area contributed by atoms with Crippen molar-refractivity contribution in [3.8, 4) is 0 Å². The molecule has 2 aromatic carbocycles. The number of carbonyl (C=O) groups is 1. The standard InChI is InChI=1S/C21H24O4/c1-16-20(24-14-18-10-6-3-7-11-18)12-19(25-21(16)22)15-23-13-17-8-4-2-5-9-17/h2-11,16,19-20H,12-15H2,1H3. The highest BCUT2D eigenvalue weighted by atomic mass is 16.6. The van der Waals surface area contributed by atoms with Crippen LogP contribution in [0.1, 0.15) is 24.5 Å². The van der Waals surface area contributed by atoms with Crippen LogP contribution >= 0.6 is 0 Å². The third kappa shape index (κ3) is 5.15. The molecule has 1 aliphatic heterocycles. The van der Waals surface area contributed by atoms with Gasteiger partial charge in [0.15, 0.2) is 0 Å². The molecule has 4 heteroatoms. The van der Waals surface area contributed by atoms with Crippen LogP contribution in [0.2, 0.25) is 0 Å². The summed E-state index contributed by atoms with van der Waals surface area (Å²) in [6.45, 7) is 3.26. The van der Waals surface area contributed by atoms with Gasteiger partial charge < -0.3 is 14.2 Å². The molecule has 0 amide bonds. The number of rotatable bonds is 7. The largest absolute Gasteiger partial charge is 0.460 e. The maximum Gasteiger partial charge on any atom is 0.311 e. The van der Waals surface area contributed by atoms with E-state index in [1.165, 1.54) is 0 Å². The third-order valence-corrected chi connectivity index (χ3v) is 4.43. The van der Waals surface area contributed by atoms with Gasteiger partial charge in [-0.3, -0.25) is 4.79 Å². The Labute approximate surface area is 148 Å². The third-order valence-electron chi connectivity index (χ3n) is 4.43. The Morgan fingerprint density at radius 3 is 2.20 bits per heavy atom. The van der Waals surface area contributed by atoms with Gasteiger partial charge in [0.1, 0.15) is 6.10 Å². The van der Waals surface area contributed by atoms with Crippen molar-refractivity contribution in [1.82, 2.24) is 0 Å². The van der Waals surface area contributed by atoms with Gasteiger partial charge in [-0.25, -0.2) is 0 Å². The van der Waals surface area contributed by atoms with Crippen LogP contribution in [0.25, 0.3) is 0 Å². The summed E-state index contributed by atoms with van der Waals surface area (Å²) >= 11 is 0. The zero-order chi connectivity index (χ0) is 17.5. The number of benzene rings is 2. The maximum atomic E-state index is 12.1. The summed E-state index contributed by atoms with van der Waals surface area (Å²) < 4.78 is 17.2. The summed E-state index contributed by atoms with van der Waals surface area (Å²) in [5.74, 6) is -0.466. The molecule has 1 aliphatic rings. The van der Waals surface area contributed by atoms with Crippen LogP contribution in [0.5, 0.6) is 0 Å². The van der Waals surface area contributed by atoms with E-state index in [1.54, 1.807) is 0 Å². The molecule has 1 fully saturated rings. The summed E-state index contributed by atoms with van der Waals surface area (Å²) in [5, 5.41) is 0. The van der Waals surface area contributed by atoms with Crippen molar-refractivity contribution < 1.29 is 19.0 Å². The Morgan fingerprint density at radius 2 is 1.56 bits per heavy atom. The summed E-state index contributed by atoms with van der Waals surface area (Å²) in [6.07, 6.45) is 0.258. The van der Waals surface area contributed by atoms with Crippen LogP contribution < -0.4 is 0 Å². The molecule has 3 rings (SSSR count). The van der Waals surface area contributed by atoms with Crippen LogP contribution in [0.4, 0.5) is 0 Å². The highest BCUT2D eigenvalue weighted by Crippen LogP contribution is 2.25. The first-order chi connectivity index (χ1) is 12.2. The number of esters is 1. The van der Waals surface area contributed by atoms with E-state index in [1.807, 2.05) is 67.6 Å². The molecule has 0 saturated carbocycles. The lowest BCUT2D eigenvalue weighted by molar-refractivity contribution is -0.178. The van der Waals surface area contributed by atoms with E-state index < -0.39 is 0 Å². The van der Waals surface area contributed by atoms with E-state index >= 15 is 0 Å². The topological polar surface area (TPSA) is 44.8 Å². The molecule has 1 saturated heterocycles. The molecular weight excluding hydrogens is 316 g/mol. The quantitative estimate of drug-likeness (QED) is 0.720. The number of ether oxygens (including phenoxy) is 3. The van der Waals surface area contributed by atoms with Gasteiger partial charge in [0, 0.05) is 6.42 Å². The van der Waals surface area contributed by atoms with Gasteiger partial charge in [-0.1, -0.05) is 60.7 Å². The normalized spacial score (nSPS) is 23.2. The van der Waals surface area contributed by atoms with Crippen LogP contribution in [-0.4, -0.2) is 24.8 Å². The van der Waals surface area contributed by atoms with E-state index in [4.69, 9.17) is 14.2 Å². The van der Waals surface area contributed by atoms with Gasteiger partial charge in [-0.15, -0.1) is 0 Å². The van der Waals surface area contributed by atoms with Gasteiger partial charge in [0.05, 0.1) is 31.8 Å². The molecule has 3 unspecified atom stereocenters. The van der Waals surface area contributed by atoms with Crippen molar-refractivity contribution in [3.05, 3.63) is 71.8 Å². The predicted molar refractivity (Wildman–Crippen MR) is 94.8 cm³/mol. The average molecular weight is 340 g/mol. The van der Waals surface area contributed by atoms with Gasteiger partial charge in [-0.2, -0.15) is 0 Å². The molecule has 0 aliphatic carbocycles. The lowest BCUT2D eigenvalue weighted by Crippen LogP contribution is -2.43. The highest BCUT2D eigenvalue weighted by Gasteiger charge is 2.36. The van der Waals surface area contributed by atoms with Gasteiger partial charge in [0.2, 0.25) is 0 Å². The lowest BCUT2D eigenvalue weighted by atomic mass is 9.96. The van der Waals surface area contributed by atoms with Crippen molar-refractivity contribution in [2.75, 3.05) is 6.61 Å². The summed E-state index contributed by atoms with van der Waals surface area (Å²) in [7, 11) is 0. The van der Waals surface area contributed by atoms with E-state index in [2.05, 4.69) is 0 Å². The van der Waals surface area contributed by atoms with Crippen molar-refractivity contribution >= 4 is 5.97 Å². The van der Waals surface area contributed by atoms with Crippen molar-refractivity contribution in [2.45, 2.75) is 38.8 Å². The molecule has 2 aromatic rings. The molecule has 1 heterocycles. The summed E-state index contributed by atoms with van der Waals surface area (Å²) in [6, 6.07) is 19.9. The first kappa shape index (κ1) is 17.6. The van der Waals surface area contributed by atoms with Crippen LogP contribution in [0.15, 0.2) is 60.7 Å². The fraction of sp³-hybridized carbons (Fsp3) is 0.381. The smallest absolute Gasteiger partial charge is 0.311 e. The first-order valence-corrected chi connectivity index (χ1v) is 8.70. The number of hydrogen-bond acceptors (Lipinski definition) is 4. The average Bonchev–Trinajstić information content (AvgIpc) is 2.65. The highest BCUT2D eigenvalue weighted by molar-refractivity contribution is 5.73. The lowest BCUT2D eigenvalue weighted by Gasteiger charge is -2.33. The van der Waals surface area contributed by atoms with Crippen molar-refractivity contribution in [3.63, 3.8) is 0 Å². The van der Waals surface area contributed by atoms with Crippen molar-refractivity contribution in [2.24, 2.45) is 5.92 Å². The monoisotopic (exact) mass is 340 g/mol. The Bertz CT molecular complexity index is 656. The molecule has 0 spiro atoms. The second-order valence-corrected chi connectivity index (χ2v) is 6.42. The second kappa shape index (κ2) is 8.79. The minimum absolute atomic E-state index is 0.146.